The average molecular weight is 435 g/mol. The van der Waals surface area contributed by atoms with E-state index in [1.807, 2.05) is 13.8 Å². The molecule has 3 rings (SSSR count). The zero-order chi connectivity index (χ0) is 22.8. The summed E-state index contributed by atoms with van der Waals surface area (Å²) in [5.74, 6) is -0.954. The molecule has 0 aliphatic carbocycles. The number of carboxylic acid groups (broad SMARTS) is 1. The van der Waals surface area contributed by atoms with Crippen molar-refractivity contribution in [3.8, 4) is 5.88 Å². The predicted molar refractivity (Wildman–Crippen MR) is 104 cm³/mol. The zero-order valence-corrected chi connectivity index (χ0v) is 16.9. The molecule has 3 aromatic rings. The van der Waals surface area contributed by atoms with Crippen LogP contribution in [-0.2, 0) is 18.0 Å². The van der Waals surface area contributed by atoms with Gasteiger partial charge in [0.1, 0.15) is 0 Å². The molecule has 0 radical (unpaired) electrons. The minimum absolute atomic E-state index is 0.0135. The first-order valence-electron chi connectivity index (χ1n) is 9.24. The Labute approximate surface area is 175 Å². The minimum Gasteiger partial charge on any atom is -0.478 e. The van der Waals surface area contributed by atoms with Gasteiger partial charge in [-0.15, -0.1) is 5.10 Å². The van der Waals surface area contributed by atoms with Crippen LogP contribution in [0.4, 0.5) is 13.2 Å². The van der Waals surface area contributed by atoms with Crippen LogP contribution in [0.2, 0.25) is 0 Å². The fourth-order valence-corrected chi connectivity index (χ4v) is 2.94. The lowest BCUT2D eigenvalue weighted by molar-refractivity contribution is -0.138. The van der Waals surface area contributed by atoms with Crippen LogP contribution >= 0.6 is 0 Å². The van der Waals surface area contributed by atoms with Crippen LogP contribution in [0.5, 0.6) is 5.88 Å². The Morgan fingerprint density at radius 1 is 1.32 bits per heavy atom. The Balaban J connectivity index is 2.00. The highest BCUT2D eigenvalue weighted by atomic mass is 19.4. The Bertz CT molecular complexity index is 1080. The number of aromatic nitrogens is 5. The number of aromatic amines is 1. The van der Waals surface area contributed by atoms with E-state index < -0.39 is 23.8 Å². The van der Waals surface area contributed by atoms with Crippen molar-refractivity contribution in [2.75, 3.05) is 0 Å². The second-order valence-corrected chi connectivity index (χ2v) is 7.05. The van der Waals surface area contributed by atoms with Crippen molar-refractivity contribution in [2.24, 2.45) is 7.05 Å². The van der Waals surface area contributed by atoms with Gasteiger partial charge in [0.2, 0.25) is 5.88 Å². The van der Waals surface area contributed by atoms with Crippen LogP contribution < -0.4 is 4.74 Å². The average Bonchev–Trinajstić information content (AvgIpc) is 3.30. The van der Waals surface area contributed by atoms with Crippen molar-refractivity contribution in [3.05, 3.63) is 64.9 Å². The first kappa shape index (κ1) is 22.1. The topological polar surface area (TPSA) is 106 Å². The number of aryl methyl sites for hydroxylation is 1. The van der Waals surface area contributed by atoms with Gasteiger partial charge in [0, 0.05) is 37.1 Å². The normalized spacial score (nSPS) is 13.1. The summed E-state index contributed by atoms with van der Waals surface area (Å²) in [5, 5.41) is 20.0. The van der Waals surface area contributed by atoms with Gasteiger partial charge >= 0.3 is 12.1 Å². The standard InChI is InChI=1S/C20H20F3N5O3/c1-11(2)18-14(10-25-26-18)19(15-6-4-12(9-24-15)20(21,22)23)31-16-8-13(28(3)27-16)5-7-17(29)30/h4-11,19H,1-3H3,(H,25,26)(H,29,30)/b7-5+. The lowest BCUT2D eigenvalue weighted by Gasteiger charge is -2.19. The number of hydrogen-bond acceptors (Lipinski definition) is 5. The van der Waals surface area contributed by atoms with E-state index in [9.17, 15) is 18.0 Å². The van der Waals surface area contributed by atoms with Gasteiger partial charge in [-0.2, -0.15) is 18.3 Å². The molecule has 11 heteroatoms. The van der Waals surface area contributed by atoms with Gasteiger partial charge in [-0.05, 0) is 24.1 Å². The van der Waals surface area contributed by atoms with Crippen LogP contribution in [0, 0.1) is 0 Å². The molecule has 1 unspecified atom stereocenters. The smallest absolute Gasteiger partial charge is 0.417 e. The van der Waals surface area contributed by atoms with Crippen molar-refractivity contribution < 1.29 is 27.8 Å². The molecular weight excluding hydrogens is 415 g/mol. The van der Waals surface area contributed by atoms with Crippen molar-refractivity contribution in [3.63, 3.8) is 0 Å². The van der Waals surface area contributed by atoms with E-state index >= 15 is 0 Å². The number of aliphatic carboxylic acids is 1. The number of pyridine rings is 1. The van der Waals surface area contributed by atoms with E-state index in [-0.39, 0.29) is 17.5 Å². The van der Waals surface area contributed by atoms with Crippen molar-refractivity contribution in [1.82, 2.24) is 25.0 Å². The Kier molecular flexibility index (Phi) is 6.14. The Morgan fingerprint density at radius 3 is 2.65 bits per heavy atom. The molecule has 8 nitrogen and oxygen atoms in total. The highest BCUT2D eigenvalue weighted by Gasteiger charge is 2.32. The molecule has 2 N–H and O–H groups in total. The number of carbonyl (C=O) groups is 1. The molecule has 0 bridgehead atoms. The second-order valence-electron chi connectivity index (χ2n) is 7.05. The van der Waals surface area contributed by atoms with Crippen LogP contribution in [-0.4, -0.2) is 36.0 Å². The maximum absolute atomic E-state index is 12.9. The third kappa shape index (κ3) is 5.11. The highest BCUT2D eigenvalue weighted by molar-refractivity contribution is 5.84. The number of halogens is 3. The van der Waals surface area contributed by atoms with Crippen LogP contribution in [0.15, 0.2) is 36.7 Å². The molecule has 0 aromatic carbocycles. The van der Waals surface area contributed by atoms with E-state index in [2.05, 4.69) is 20.3 Å². The fraction of sp³-hybridized carbons (Fsp3) is 0.300. The van der Waals surface area contributed by atoms with Gasteiger partial charge in [0.05, 0.1) is 22.6 Å². The third-order valence-corrected chi connectivity index (χ3v) is 4.44. The Morgan fingerprint density at radius 2 is 2.06 bits per heavy atom. The van der Waals surface area contributed by atoms with Crippen molar-refractivity contribution in [1.29, 1.82) is 0 Å². The first-order chi connectivity index (χ1) is 14.6. The highest BCUT2D eigenvalue weighted by Crippen LogP contribution is 2.33. The number of nitrogens with zero attached hydrogens (tertiary/aromatic N) is 4. The molecule has 0 spiro atoms. The van der Waals surface area contributed by atoms with Crippen LogP contribution in [0.25, 0.3) is 6.08 Å². The number of H-pyrrole nitrogens is 1. The zero-order valence-electron chi connectivity index (χ0n) is 16.9. The molecular formula is C20H20F3N5O3. The summed E-state index contributed by atoms with van der Waals surface area (Å²) < 4.78 is 46.3. The van der Waals surface area contributed by atoms with Crippen LogP contribution in [0.1, 0.15) is 54.1 Å². The largest absolute Gasteiger partial charge is 0.478 e. The maximum atomic E-state index is 12.9. The van der Waals surface area contributed by atoms with Gasteiger partial charge in [-0.25, -0.2) is 4.79 Å². The maximum Gasteiger partial charge on any atom is 0.417 e. The van der Waals surface area contributed by atoms with E-state index in [0.717, 1.165) is 18.3 Å². The quantitative estimate of drug-likeness (QED) is 0.545. The van der Waals surface area contributed by atoms with Gasteiger partial charge in [0.15, 0.2) is 6.10 Å². The number of hydrogen-bond donors (Lipinski definition) is 2. The lowest BCUT2D eigenvalue weighted by Crippen LogP contribution is -2.15. The molecule has 31 heavy (non-hydrogen) atoms. The number of nitrogens with one attached hydrogen (secondary N) is 1. The summed E-state index contributed by atoms with van der Waals surface area (Å²) in [6, 6.07) is 3.71. The summed E-state index contributed by atoms with van der Waals surface area (Å²) in [7, 11) is 1.61. The first-order valence-corrected chi connectivity index (χ1v) is 9.24. The van der Waals surface area contributed by atoms with E-state index in [1.165, 1.54) is 22.9 Å². The molecule has 0 aliphatic heterocycles. The summed E-state index contributed by atoms with van der Waals surface area (Å²) in [6.45, 7) is 3.85. The summed E-state index contributed by atoms with van der Waals surface area (Å²) in [5.41, 5.74) is 1.12. The van der Waals surface area contributed by atoms with E-state index in [4.69, 9.17) is 9.84 Å². The van der Waals surface area contributed by atoms with E-state index in [0.29, 0.717) is 17.0 Å². The third-order valence-electron chi connectivity index (χ3n) is 4.44. The molecule has 3 aromatic heterocycles. The minimum atomic E-state index is -4.51. The summed E-state index contributed by atoms with van der Waals surface area (Å²) in [4.78, 5) is 14.7. The number of ether oxygens (including phenoxy) is 1. The van der Waals surface area contributed by atoms with Gasteiger partial charge in [0.25, 0.3) is 0 Å². The molecule has 0 amide bonds. The molecule has 0 aliphatic rings. The summed E-state index contributed by atoms with van der Waals surface area (Å²) in [6.07, 6.45) is -0.723. The predicted octanol–water partition coefficient (Wildman–Crippen LogP) is 3.95. The van der Waals surface area contributed by atoms with Gasteiger partial charge < -0.3 is 9.84 Å². The second kappa shape index (κ2) is 8.62. The number of rotatable bonds is 7. The van der Waals surface area contributed by atoms with E-state index in [1.54, 1.807) is 13.2 Å². The molecule has 0 saturated heterocycles. The molecule has 164 valence electrons. The van der Waals surface area contributed by atoms with Gasteiger partial charge in [-0.1, -0.05) is 13.8 Å². The van der Waals surface area contributed by atoms with Gasteiger partial charge in [-0.3, -0.25) is 14.8 Å². The number of alkyl halides is 3. The Hall–Kier alpha value is -3.63. The summed E-state index contributed by atoms with van der Waals surface area (Å²) >= 11 is 0. The van der Waals surface area contributed by atoms with Crippen LogP contribution in [0.3, 0.4) is 0 Å². The SMILES string of the molecule is CC(C)c1n[nH]cc1C(Oc1cc(/C=C/C(=O)O)n(C)n1)c1ccc(C(F)(F)F)cn1. The molecule has 0 saturated carbocycles. The van der Waals surface area contributed by atoms with Crippen molar-refractivity contribution in [2.45, 2.75) is 32.0 Å². The molecule has 3 heterocycles. The number of carboxylic acids is 1. The monoisotopic (exact) mass is 435 g/mol. The molecule has 1 atom stereocenters. The fourth-order valence-electron chi connectivity index (χ4n) is 2.94. The van der Waals surface area contributed by atoms with Crippen molar-refractivity contribution >= 4 is 12.0 Å². The lowest BCUT2D eigenvalue weighted by atomic mass is 10.00. The molecule has 0 fully saturated rings.